The molecule has 2 atom stereocenters. The summed E-state index contributed by atoms with van der Waals surface area (Å²) in [5.74, 6) is 0.00397. The van der Waals surface area contributed by atoms with Gasteiger partial charge < -0.3 is 20.5 Å². The summed E-state index contributed by atoms with van der Waals surface area (Å²) in [4.78, 5) is 19.2. The predicted octanol–water partition coefficient (Wildman–Crippen LogP) is 2.68. The molecule has 1 aromatic heterocycles. The van der Waals surface area contributed by atoms with Crippen LogP contribution in [0.2, 0.25) is 0 Å². The van der Waals surface area contributed by atoms with E-state index in [4.69, 9.17) is 15.2 Å². The normalized spacial score (nSPS) is 21.5. The van der Waals surface area contributed by atoms with Gasteiger partial charge >= 0.3 is 0 Å². The number of methoxy groups -OCH3 is 1. The van der Waals surface area contributed by atoms with E-state index in [1.165, 1.54) is 32.1 Å². The van der Waals surface area contributed by atoms with Crippen LogP contribution in [0.3, 0.4) is 0 Å². The Hall–Kier alpha value is -2.48. The fourth-order valence-electron chi connectivity index (χ4n) is 2.74. The van der Waals surface area contributed by atoms with Gasteiger partial charge in [0.05, 0.1) is 18.7 Å². The number of rotatable bonds is 4. The molecule has 0 aromatic carbocycles. The second kappa shape index (κ2) is 10.0. The number of carbonyl (C=O) groups excluding carboxylic acids is 1. The van der Waals surface area contributed by atoms with Gasteiger partial charge in [0, 0.05) is 31.0 Å². The standard InChI is InChI=1S/C13H15FN4O2.C6H12O/c1-3-7-4-9(12(15)19)13(16-7)17-8-5-10(14)18-11(6-8)20-2;1-6-3-2-4-7-5-6/h4-7H,3H2,1-2H3,(H2,15,19)(H,16,17,18);6H,2-5H2,1H3/t;6-/m.1/s1. The molecule has 0 bridgehead atoms. The maximum Gasteiger partial charge on any atom is 0.252 e. The summed E-state index contributed by atoms with van der Waals surface area (Å²) < 4.78 is 23.4. The quantitative estimate of drug-likeness (QED) is 0.785. The van der Waals surface area contributed by atoms with Crippen LogP contribution in [-0.4, -0.2) is 43.1 Å². The smallest absolute Gasteiger partial charge is 0.252 e. The largest absolute Gasteiger partial charge is 0.481 e. The van der Waals surface area contributed by atoms with Gasteiger partial charge in [-0.2, -0.15) is 9.37 Å². The number of aromatic nitrogens is 1. The van der Waals surface area contributed by atoms with Crippen LogP contribution in [0.1, 0.15) is 33.1 Å². The molecule has 0 saturated carbocycles. The molecule has 3 N–H and O–H groups in total. The first-order valence-electron chi connectivity index (χ1n) is 9.09. The molecule has 1 fully saturated rings. The molecule has 0 spiro atoms. The number of nitrogens with two attached hydrogens (primary N) is 1. The molecule has 27 heavy (non-hydrogen) atoms. The molecule has 2 aliphatic rings. The average molecular weight is 378 g/mol. The van der Waals surface area contributed by atoms with Crippen molar-refractivity contribution < 1.29 is 18.7 Å². The molecular weight excluding hydrogens is 351 g/mol. The highest BCUT2D eigenvalue weighted by molar-refractivity contribution is 6.26. The fourth-order valence-corrected chi connectivity index (χ4v) is 2.74. The number of nitrogens with zero attached hydrogens (tertiary/aromatic N) is 2. The lowest BCUT2D eigenvalue weighted by atomic mass is 10.1. The summed E-state index contributed by atoms with van der Waals surface area (Å²) >= 11 is 0. The molecule has 1 amide bonds. The number of hydrogen-bond donors (Lipinski definition) is 2. The van der Waals surface area contributed by atoms with E-state index < -0.39 is 11.9 Å². The number of ether oxygens (including phenoxy) is 2. The number of amides is 1. The molecule has 3 rings (SSSR count). The third-order valence-electron chi connectivity index (χ3n) is 4.22. The van der Waals surface area contributed by atoms with E-state index >= 15 is 0 Å². The van der Waals surface area contributed by atoms with E-state index in [0.717, 1.165) is 25.6 Å². The molecule has 0 aliphatic carbocycles. The van der Waals surface area contributed by atoms with Crippen molar-refractivity contribution >= 4 is 17.4 Å². The van der Waals surface area contributed by atoms with Crippen molar-refractivity contribution in [2.24, 2.45) is 16.6 Å². The van der Waals surface area contributed by atoms with Crippen LogP contribution < -0.4 is 15.8 Å². The SMILES string of the molecule is CCC1C=C(C(N)=O)C(Nc2cc(F)nc(OC)c2)=N1.C[C@@H]1CCCOC1. The van der Waals surface area contributed by atoms with Crippen molar-refractivity contribution in [3.05, 3.63) is 29.7 Å². The zero-order valence-electron chi connectivity index (χ0n) is 16.0. The molecule has 1 saturated heterocycles. The van der Waals surface area contributed by atoms with E-state index in [1.54, 1.807) is 6.08 Å². The van der Waals surface area contributed by atoms with Crippen LogP contribution >= 0.6 is 0 Å². The maximum absolute atomic E-state index is 13.3. The van der Waals surface area contributed by atoms with Gasteiger partial charge in [0.2, 0.25) is 11.8 Å². The van der Waals surface area contributed by atoms with E-state index in [0.29, 0.717) is 17.1 Å². The molecule has 0 radical (unpaired) electrons. The zero-order valence-corrected chi connectivity index (χ0v) is 16.0. The lowest BCUT2D eigenvalue weighted by Crippen LogP contribution is -2.24. The maximum atomic E-state index is 13.3. The van der Waals surface area contributed by atoms with Crippen LogP contribution in [0.15, 0.2) is 28.8 Å². The third-order valence-corrected chi connectivity index (χ3v) is 4.22. The second-order valence-electron chi connectivity index (χ2n) is 6.57. The lowest BCUT2D eigenvalue weighted by molar-refractivity contribution is -0.114. The van der Waals surface area contributed by atoms with Crippen LogP contribution in [0.4, 0.5) is 10.1 Å². The van der Waals surface area contributed by atoms with E-state index in [-0.39, 0.29) is 11.9 Å². The molecule has 1 unspecified atom stereocenters. The van der Waals surface area contributed by atoms with Gasteiger partial charge in [-0.15, -0.1) is 0 Å². The number of primary amides is 1. The molecular formula is C19H27FN4O3. The lowest BCUT2D eigenvalue weighted by Gasteiger charge is -2.16. The number of halogens is 1. The first-order valence-corrected chi connectivity index (χ1v) is 9.09. The van der Waals surface area contributed by atoms with Crippen LogP contribution in [0.5, 0.6) is 5.88 Å². The minimum Gasteiger partial charge on any atom is -0.481 e. The highest BCUT2D eigenvalue weighted by Gasteiger charge is 2.22. The van der Waals surface area contributed by atoms with E-state index in [1.807, 2.05) is 6.92 Å². The Bertz CT molecular complexity index is 715. The van der Waals surface area contributed by atoms with Crippen LogP contribution in [0.25, 0.3) is 0 Å². The number of pyridine rings is 1. The summed E-state index contributed by atoms with van der Waals surface area (Å²) in [6.45, 7) is 6.16. The van der Waals surface area contributed by atoms with Crippen LogP contribution in [-0.2, 0) is 9.53 Å². The Morgan fingerprint density at radius 3 is 2.78 bits per heavy atom. The number of hydrogen-bond acceptors (Lipinski definition) is 6. The average Bonchev–Trinajstić information content (AvgIpc) is 3.05. The first-order chi connectivity index (χ1) is 12.9. The molecule has 3 heterocycles. The Balaban J connectivity index is 0.000000313. The monoisotopic (exact) mass is 378 g/mol. The number of anilines is 1. The fraction of sp³-hybridized carbons (Fsp3) is 0.526. The van der Waals surface area contributed by atoms with Crippen LogP contribution in [0, 0.1) is 11.9 Å². The summed E-state index contributed by atoms with van der Waals surface area (Å²) in [6.07, 6.45) is 5.07. The highest BCUT2D eigenvalue weighted by Crippen LogP contribution is 2.21. The Morgan fingerprint density at radius 1 is 1.48 bits per heavy atom. The van der Waals surface area contributed by atoms with Crippen molar-refractivity contribution in [1.82, 2.24) is 4.98 Å². The summed E-state index contributed by atoms with van der Waals surface area (Å²) in [6, 6.07) is 2.58. The summed E-state index contributed by atoms with van der Waals surface area (Å²) in [7, 11) is 1.39. The minimum absolute atomic E-state index is 0.103. The van der Waals surface area contributed by atoms with E-state index in [2.05, 4.69) is 22.2 Å². The molecule has 8 heteroatoms. The summed E-state index contributed by atoms with van der Waals surface area (Å²) in [5.41, 5.74) is 5.99. The Kier molecular flexibility index (Phi) is 7.72. The second-order valence-corrected chi connectivity index (χ2v) is 6.57. The van der Waals surface area contributed by atoms with Crippen molar-refractivity contribution in [2.45, 2.75) is 39.2 Å². The van der Waals surface area contributed by atoms with Crippen molar-refractivity contribution in [1.29, 1.82) is 0 Å². The van der Waals surface area contributed by atoms with Crippen molar-refractivity contribution in [3.63, 3.8) is 0 Å². The van der Waals surface area contributed by atoms with Gasteiger partial charge in [-0.25, -0.2) is 0 Å². The van der Waals surface area contributed by atoms with Gasteiger partial charge in [0.15, 0.2) is 0 Å². The Morgan fingerprint density at radius 2 is 2.26 bits per heavy atom. The van der Waals surface area contributed by atoms with Gasteiger partial charge in [0.25, 0.3) is 5.91 Å². The number of nitrogens with one attached hydrogen (secondary N) is 1. The topological polar surface area (TPSA) is 98.8 Å². The predicted molar refractivity (Wildman–Crippen MR) is 102 cm³/mol. The molecule has 1 aromatic rings. The third kappa shape index (κ3) is 6.32. The minimum atomic E-state index is -0.693. The molecule has 2 aliphatic heterocycles. The van der Waals surface area contributed by atoms with E-state index in [9.17, 15) is 9.18 Å². The Labute approximate surface area is 158 Å². The number of carbonyl (C=O) groups is 1. The van der Waals surface area contributed by atoms with Crippen molar-refractivity contribution in [3.8, 4) is 5.88 Å². The van der Waals surface area contributed by atoms with Gasteiger partial charge in [-0.1, -0.05) is 13.8 Å². The first kappa shape index (κ1) is 20.8. The number of amidine groups is 1. The van der Waals surface area contributed by atoms with Gasteiger partial charge in [0.1, 0.15) is 5.84 Å². The molecule has 148 valence electrons. The molecule has 7 nitrogen and oxygen atoms in total. The summed E-state index contributed by atoms with van der Waals surface area (Å²) in [5, 5.41) is 2.87. The van der Waals surface area contributed by atoms with Gasteiger partial charge in [-0.3, -0.25) is 9.79 Å². The highest BCUT2D eigenvalue weighted by atomic mass is 19.1. The van der Waals surface area contributed by atoms with Crippen molar-refractivity contribution in [2.75, 3.05) is 25.6 Å². The number of aliphatic imine (C=N–C) groups is 1. The van der Waals surface area contributed by atoms with Gasteiger partial charge in [-0.05, 0) is 31.3 Å². The zero-order chi connectivity index (χ0) is 19.8.